The molecule has 2 atom stereocenters. The van der Waals surface area contributed by atoms with Gasteiger partial charge in [0.15, 0.2) is 0 Å². The fourth-order valence-electron chi connectivity index (χ4n) is 3.38. The fraction of sp³-hybridized carbons (Fsp3) is 0.812. The van der Waals surface area contributed by atoms with Crippen molar-refractivity contribution in [2.75, 3.05) is 6.54 Å². The van der Waals surface area contributed by atoms with Gasteiger partial charge in [0.1, 0.15) is 5.15 Å². The molecule has 0 spiro atoms. The molecule has 1 aromatic rings. The number of aryl methyl sites for hydroxylation is 2. The van der Waals surface area contributed by atoms with E-state index >= 15 is 0 Å². The molecule has 3 nitrogen and oxygen atoms in total. The zero-order valence-corrected chi connectivity index (χ0v) is 13.8. The zero-order valence-electron chi connectivity index (χ0n) is 13.1. The average Bonchev–Trinajstić information content (AvgIpc) is 2.62. The van der Waals surface area contributed by atoms with E-state index in [1.54, 1.807) is 4.68 Å². The molecular weight excluding hydrogens is 270 g/mol. The molecule has 0 aromatic carbocycles. The van der Waals surface area contributed by atoms with Crippen LogP contribution in [0.4, 0.5) is 0 Å². The Morgan fingerprint density at radius 2 is 2.10 bits per heavy atom. The molecule has 0 aliphatic heterocycles. The highest BCUT2D eigenvalue weighted by molar-refractivity contribution is 6.30. The van der Waals surface area contributed by atoms with E-state index < -0.39 is 0 Å². The van der Waals surface area contributed by atoms with Gasteiger partial charge in [0.25, 0.3) is 0 Å². The predicted molar refractivity (Wildman–Crippen MR) is 85.3 cm³/mol. The Kier molecular flexibility index (Phi) is 5.91. The second-order valence-corrected chi connectivity index (χ2v) is 6.58. The van der Waals surface area contributed by atoms with E-state index in [9.17, 15) is 0 Å². The van der Waals surface area contributed by atoms with E-state index in [0.29, 0.717) is 6.04 Å². The summed E-state index contributed by atoms with van der Waals surface area (Å²) in [7, 11) is 1.93. The predicted octanol–water partition coefficient (Wildman–Crippen LogP) is 3.87. The van der Waals surface area contributed by atoms with Gasteiger partial charge in [-0.15, -0.1) is 0 Å². The summed E-state index contributed by atoms with van der Waals surface area (Å²) < 4.78 is 1.80. The van der Waals surface area contributed by atoms with E-state index in [4.69, 9.17) is 11.6 Å². The number of halogens is 1. The van der Waals surface area contributed by atoms with Gasteiger partial charge in [-0.3, -0.25) is 4.68 Å². The normalized spacial score (nSPS) is 23.8. The van der Waals surface area contributed by atoms with Gasteiger partial charge in [-0.1, -0.05) is 37.8 Å². The third kappa shape index (κ3) is 3.98. The van der Waals surface area contributed by atoms with Gasteiger partial charge < -0.3 is 5.32 Å². The first-order valence-corrected chi connectivity index (χ1v) is 8.41. The monoisotopic (exact) mass is 297 g/mol. The first kappa shape index (κ1) is 15.8. The van der Waals surface area contributed by atoms with Crippen LogP contribution in [0.2, 0.25) is 5.15 Å². The number of nitrogens with one attached hydrogen (secondary N) is 1. The van der Waals surface area contributed by atoms with Crippen molar-refractivity contribution in [2.24, 2.45) is 13.0 Å². The SMILES string of the molecule is CCCNC1CCCCC(Cc2c(C)nn(C)c2Cl)C1. The van der Waals surface area contributed by atoms with Crippen molar-refractivity contribution in [2.45, 2.75) is 64.8 Å². The van der Waals surface area contributed by atoms with Crippen LogP contribution in [0.1, 0.15) is 56.7 Å². The third-order valence-electron chi connectivity index (χ3n) is 4.48. The average molecular weight is 298 g/mol. The van der Waals surface area contributed by atoms with Crippen LogP contribution in [0, 0.1) is 12.8 Å². The maximum atomic E-state index is 6.38. The van der Waals surface area contributed by atoms with Crippen molar-refractivity contribution in [1.82, 2.24) is 15.1 Å². The lowest BCUT2D eigenvalue weighted by Gasteiger charge is -2.21. The van der Waals surface area contributed by atoms with Crippen molar-refractivity contribution < 1.29 is 0 Å². The molecule has 0 amide bonds. The van der Waals surface area contributed by atoms with Crippen molar-refractivity contribution >= 4 is 11.6 Å². The summed E-state index contributed by atoms with van der Waals surface area (Å²) in [6.45, 7) is 5.45. The van der Waals surface area contributed by atoms with Crippen LogP contribution >= 0.6 is 11.6 Å². The molecule has 1 aromatic heterocycles. The van der Waals surface area contributed by atoms with E-state index in [-0.39, 0.29) is 0 Å². The van der Waals surface area contributed by atoms with E-state index in [0.717, 1.165) is 29.7 Å². The van der Waals surface area contributed by atoms with Crippen molar-refractivity contribution in [3.8, 4) is 0 Å². The molecule has 0 saturated heterocycles. The maximum absolute atomic E-state index is 6.38. The highest BCUT2D eigenvalue weighted by Crippen LogP contribution is 2.30. The third-order valence-corrected chi connectivity index (χ3v) is 4.95. The van der Waals surface area contributed by atoms with Gasteiger partial charge in [0.2, 0.25) is 0 Å². The maximum Gasteiger partial charge on any atom is 0.130 e. The summed E-state index contributed by atoms with van der Waals surface area (Å²) in [5.74, 6) is 0.743. The van der Waals surface area contributed by atoms with Gasteiger partial charge >= 0.3 is 0 Å². The number of aromatic nitrogens is 2. The number of nitrogens with zero attached hydrogens (tertiary/aromatic N) is 2. The number of rotatable bonds is 5. The number of hydrogen-bond donors (Lipinski definition) is 1. The largest absolute Gasteiger partial charge is 0.314 e. The molecule has 4 heteroatoms. The molecule has 1 heterocycles. The Hall–Kier alpha value is -0.540. The van der Waals surface area contributed by atoms with E-state index in [1.165, 1.54) is 44.1 Å². The topological polar surface area (TPSA) is 29.9 Å². The second-order valence-electron chi connectivity index (χ2n) is 6.22. The Bertz CT molecular complexity index is 428. The summed E-state index contributed by atoms with van der Waals surface area (Å²) in [6.07, 6.45) is 8.96. The lowest BCUT2D eigenvalue weighted by atomic mass is 9.91. The molecule has 2 rings (SSSR count). The molecule has 1 N–H and O–H groups in total. The van der Waals surface area contributed by atoms with Gasteiger partial charge in [-0.2, -0.15) is 5.10 Å². The van der Waals surface area contributed by atoms with Crippen LogP contribution in [-0.4, -0.2) is 22.4 Å². The van der Waals surface area contributed by atoms with E-state index in [2.05, 4.69) is 24.3 Å². The fourth-order valence-corrected chi connectivity index (χ4v) is 3.63. The first-order chi connectivity index (χ1) is 9.61. The second kappa shape index (κ2) is 7.46. The van der Waals surface area contributed by atoms with Crippen molar-refractivity contribution in [3.63, 3.8) is 0 Å². The van der Waals surface area contributed by atoms with Crippen LogP contribution in [0.25, 0.3) is 0 Å². The molecule has 1 saturated carbocycles. The Morgan fingerprint density at radius 3 is 2.75 bits per heavy atom. The van der Waals surface area contributed by atoms with Crippen molar-refractivity contribution in [1.29, 1.82) is 0 Å². The van der Waals surface area contributed by atoms with Gasteiger partial charge in [0, 0.05) is 18.7 Å². The highest BCUT2D eigenvalue weighted by atomic mass is 35.5. The molecule has 1 aliphatic rings. The molecule has 114 valence electrons. The van der Waals surface area contributed by atoms with Crippen LogP contribution in [0.5, 0.6) is 0 Å². The molecule has 20 heavy (non-hydrogen) atoms. The summed E-state index contributed by atoms with van der Waals surface area (Å²) in [5.41, 5.74) is 2.36. The minimum atomic E-state index is 0.693. The van der Waals surface area contributed by atoms with E-state index in [1.807, 2.05) is 7.05 Å². The Labute approximate surface area is 128 Å². The zero-order chi connectivity index (χ0) is 14.5. The van der Waals surface area contributed by atoms with Gasteiger partial charge in [0.05, 0.1) is 5.69 Å². The minimum absolute atomic E-state index is 0.693. The number of hydrogen-bond acceptors (Lipinski definition) is 2. The molecule has 1 aliphatic carbocycles. The standard InChI is InChI=1S/C16H28ClN3/c1-4-9-18-14-8-6-5-7-13(10-14)11-15-12(2)19-20(3)16(15)17/h13-14,18H,4-11H2,1-3H3. The lowest BCUT2D eigenvalue weighted by Crippen LogP contribution is -2.31. The molecular formula is C16H28ClN3. The van der Waals surface area contributed by atoms with Crippen LogP contribution < -0.4 is 5.32 Å². The smallest absolute Gasteiger partial charge is 0.130 e. The molecule has 2 unspecified atom stereocenters. The lowest BCUT2D eigenvalue weighted by molar-refractivity contribution is 0.384. The molecule has 0 bridgehead atoms. The molecule has 1 fully saturated rings. The summed E-state index contributed by atoms with van der Waals surface area (Å²) in [4.78, 5) is 0. The van der Waals surface area contributed by atoms with Crippen LogP contribution in [0.15, 0.2) is 0 Å². The first-order valence-electron chi connectivity index (χ1n) is 8.03. The van der Waals surface area contributed by atoms with Crippen molar-refractivity contribution in [3.05, 3.63) is 16.4 Å². The highest BCUT2D eigenvalue weighted by Gasteiger charge is 2.22. The quantitative estimate of drug-likeness (QED) is 0.836. The van der Waals surface area contributed by atoms with Gasteiger partial charge in [-0.25, -0.2) is 0 Å². The summed E-state index contributed by atoms with van der Waals surface area (Å²) in [5, 5.41) is 8.97. The molecule has 0 radical (unpaired) electrons. The van der Waals surface area contributed by atoms with Crippen LogP contribution in [0.3, 0.4) is 0 Å². The Balaban J connectivity index is 1.99. The summed E-state index contributed by atoms with van der Waals surface area (Å²) in [6, 6.07) is 0.693. The van der Waals surface area contributed by atoms with Gasteiger partial charge in [-0.05, 0) is 45.1 Å². The Morgan fingerprint density at radius 1 is 1.35 bits per heavy atom. The summed E-state index contributed by atoms with van der Waals surface area (Å²) >= 11 is 6.38. The minimum Gasteiger partial charge on any atom is -0.314 e. The van der Waals surface area contributed by atoms with Crippen LogP contribution in [-0.2, 0) is 13.5 Å².